The second-order valence-electron chi connectivity index (χ2n) is 3.80. The van der Waals surface area contributed by atoms with Crippen LogP contribution >= 0.6 is 0 Å². The monoisotopic (exact) mass is 274 g/mol. The second-order valence-corrected chi connectivity index (χ2v) is 3.80. The molecule has 2 aromatic rings. The molecule has 0 aromatic heterocycles. The molecule has 8 nitrogen and oxygen atoms in total. The minimum atomic E-state index is -0.700. The Bertz CT molecular complexity index is 615. The third kappa shape index (κ3) is 2.99. The largest absolute Gasteiger partial charge is 0.269 e. The number of nitro benzene ring substituents is 1. The lowest BCUT2D eigenvalue weighted by molar-refractivity contribution is -0.544. The van der Waals surface area contributed by atoms with Crippen LogP contribution in [0.15, 0.2) is 54.6 Å². The van der Waals surface area contributed by atoms with Gasteiger partial charge in [-0.2, -0.15) is 0 Å². The van der Waals surface area contributed by atoms with Crippen molar-refractivity contribution in [3.8, 4) is 0 Å². The first-order chi connectivity index (χ1) is 9.58. The molecule has 20 heavy (non-hydrogen) atoms. The molecule has 2 rings (SSSR count). The van der Waals surface area contributed by atoms with E-state index in [1.165, 1.54) is 29.3 Å². The van der Waals surface area contributed by atoms with Gasteiger partial charge in [0.2, 0.25) is 0 Å². The Morgan fingerprint density at radius 3 is 1.90 bits per heavy atom. The van der Waals surface area contributed by atoms with Crippen LogP contribution < -0.4 is 10.5 Å². The quantitative estimate of drug-likeness (QED) is 0.663. The Balaban J connectivity index is 2.36. The summed E-state index contributed by atoms with van der Waals surface area (Å²) in [5, 5.41) is 21.8. The SMILES string of the molecule is O=[N+]([O-])NN(c1ccccc1)c1ccc([N+](=O)[O-])cc1. The van der Waals surface area contributed by atoms with Crippen molar-refractivity contribution in [3.05, 3.63) is 74.8 Å². The molecule has 0 aliphatic carbocycles. The predicted octanol–water partition coefficient (Wildman–Crippen LogP) is 2.43. The van der Waals surface area contributed by atoms with Crippen LogP contribution in [0.4, 0.5) is 17.1 Å². The van der Waals surface area contributed by atoms with Crippen molar-refractivity contribution in [2.24, 2.45) is 0 Å². The van der Waals surface area contributed by atoms with E-state index in [1.54, 1.807) is 30.3 Å². The van der Waals surface area contributed by atoms with E-state index in [-0.39, 0.29) is 5.69 Å². The van der Waals surface area contributed by atoms with Gasteiger partial charge >= 0.3 is 0 Å². The van der Waals surface area contributed by atoms with Gasteiger partial charge in [-0.3, -0.25) is 10.1 Å². The summed E-state index contributed by atoms with van der Waals surface area (Å²) < 4.78 is 0. The summed E-state index contributed by atoms with van der Waals surface area (Å²) in [4.78, 5) is 20.7. The van der Waals surface area contributed by atoms with Gasteiger partial charge < -0.3 is 0 Å². The van der Waals surface area contributed by atoms with Crippen LogP contribution in [0, 0.1) is 20.2 Å². The number of anilines is 2. The van der Waals surface area contributed by atoms with E-state index in [0.717, 1.165) is 0 Å². The van der Waals surface area contributed by atoms with E-state index >= 15 is 0 Å². The summed E-state index contributed by atoms with van der Waals surface area (Å²) in [7, 11) is 0. The maximum atomic E-state index is 10.7. The van der Waals surface area contributed by atoms with Crippen LogP contribution in [-0.2, 0) is 0 Å². The predicted molar refractivity (Wildman–Crippen MR) is 71.8 cm³/mol. The van der Waals surface area contributed by atoms with Gasteiger partial charge in [0, 0.05) is 12.1 Å². The van der Waals surface area contributed by atoms with E-state index in [4.69, 9.17) is 0 Å². The van der Waals surface area contributed by atoms with Gasteiger partial charge in [0.1, 0.15) is 0 Å². The van der Waals surface area contributed by atoms with E-state index in [2.05, 4.69) is 0 Å². The molecule has 0 amide bonds. The summed E-state index contributed by atoms with van der Waals surface area (Å²) in [6.45, 7) is 0. The minimum Gasteiger partial charge on any atom is -0.258 e. The second kappa shape index (κ2) is 5.65. The molecule has 1 N–H and O–H groups in total. The Morgan fingerprint density at radius 1 is 0.850 bits per heavy atom. The zero-order chi connectivity index (χ0) is 14.5. The first-order valence-corrected chi connectivity index (χ1v) is 5.58. The molecule has 0 atom stereocenters. The molecule has 0 unspecified atom stereocenters. The van der Waals surface area contributed by atoms with Crippen LogP contribution in [-0.4, -0.2) is 9.96 Å². The molecule has 0 saturated heterocycles. The molecule has 0 aliphatic heterocycles. The number of para-hydroxylation sites is 1. The van der Waals surface area contributed by atoms with Gasteiger partial charge in [-0.25, -0.2) is 15.1 Å². The molecule has 0 spiro atoms. The lowest BCUT2D eigenvalue weighted by atomic mass is 10.2. The molecule has 0 heterocycles. The fourth-order valence-electron chi connectivity index (χ4n) is 1.65. The van der Waals surface area contributed by atoms with E-state index in [9.17, 15) is 20.2 Å². The van der Waals surface area contributed by atoms with Crippen molar-refractivity contribution in [3.63, 3.8) is 0 Å². The lowest BCUT2D eigenvalue weighted by Gasteiger charge is -2.20. The zero-order valence-corrected chi connectivity index (χ0v) is 10.2. The Kier molecular flexibility index (Phi) is 3.75. The number of hydrogen-bond acceptors (Lipinski definition) is 5. The first-order valence-electron chi connectivity index (χ1n) is 5.58. The molecule has 0 aliphatic rings. The van der Waals surface area contributed by atoms with Crippen molar-refractivity contribution in [1.29, 1.82) is 0 Å². The van der Waals surface area contributed by atoms with Crippen molar-refractivity contribution in [2.45, 2.75) is 0 Å². The number of hydrogen-bond donors (Lipinski definition) is 1. The molecular formula is C12H10N4O4. The minimum absolute atomic E-state index is 0.0807. The number of hydrazine groups is 2. The van der Waals surface area contributed by atoms with Crippen LogP contribution in [0.2, 0.25) is 0 Å². The molecule has 0 saturated carbocycles. The highest BCUT2D eigenvalue weighted by molar-refractivity contribution is 5.62. The molecular weight excluding hydrogens is 264 g/mol. The van der Waals surface area contributed by atoms with Gasteiger partial charge in [0.25, 0.3) is 5.69 Å². The summed E-state index contributed by atoms with van der Waals surface area (Å²) >= 11 is 0. The third-order valence-corrected chi connectivity index (χ3v) is 2.51. The van der Waals surface area contributed by atoms with Crippen molar-refractivity contribution in [1.82, 2.24) is 5.53 Å². The zero-order valence-electron chi connectivity index (χ0n) is 10.2. The highest BCUT2D eigenvalue weighted by Crippen LogP contribution is 2.25. The van der Waals surface area contributed by atoms with Gasteiger partial charge in [0.05, 0.1) is 16.3 Å². The Hall–Kier alpha value is -3.16. The number of nitro groups is 2. The van der Waals surface area contributed by atoms with Crippen LogP contribution in [0.5, 0.6) is 0 Å². The Labute approximate surface area is 113 Å². The third-order valence-electron chi connectivity index (χ3n) is 2.51. The Morgan fingerprint density at radius 2 is 1.40 bits per heavy atom. The molecule has 0 fully saturated rings. The normalized spacial score (nSPS) is 9.80. The summed E-state index contributed by atoms with van der Waals surface area (Å²) in [6, 6.07) is 14.0. The average Bonchev–Trinajstić information content (AvgIpc) is 2.45. The molecule has 102 valence electrons. The average molecular weight is 274 g/mol. The molecule has 8 heteroatoms. The fraction of sp³-hybridized carbons (Fsp3) is 0. The van der Waals surface area contributed by atoms with Crippen molar-refractivity contribution >= 4 is 17.1 Å². The fourth-order valence-corrected chi connectivity index (χ4v) is 1.65. The van der Waals surface area contributed by atoms with Crippen LogP contribution in [0.3, 0.4) is 0 Å². The molecule has 0 radical (unpaired) electrons. The number of rotatable bonds is 5. The van der Waals surface area contributed by atoms with E-state index < -0.39 is 9.96 Å². The summed E-state index contributed by atoms with van der Waals surface area (Å²) in [5.74, 6) is 0. The maximum absolute atomic E-state index is 10.7. The standard InChI is InChI=1S/C12H10N4O4/c17-15(18)12-8-6-11(7-9-12)14(13-16(19)20)10-4-2-1-3-5-10/h1-9,13H. The smallest absolute Gasteiger partial charge is 0.258 e. The number of non-ortho nitro benzene ring substituents is 1. The number of benzene rings is 2. The van der Waals surface area contributed by atoms with E-state index in [1.807, 2.05) is 5.53 Å². The molecule has 0 bridgehead atoms. The highest BCUT2D eigenvalue weighted by Gasteiger charge is 2.14. The lowest BCUT2D eigenvalue weighted by Crippen LogP contribution is -2.38. The first kappa shape index (κ1) is 13.3. The van der Waals surface area contributed by atoms with Crippen molar-refractivity contribution in [2.75, 3.05) is 5.01 Å². The van der Waals surface area contributed by atoms with Gasteiger partial charge in [-0.1, -0.05) is 18.2 Å². The van der Waals surface area contributed by atoms with Gasteiger partial charge in [-0.05, 0) is 29.8 Å². The van der Waals surface area contributed by atoms with Crippen LogP contribution in [0.25, 0.3) is 0 Å². The topological polar surface area (TPSA) is 102 Å². The van der Waals surface area contributed by atoms with E-state index in [0.29, 0.717) is 11.4 Å². The highest BCUT2D eigenvalue weighted by atomic mass is 16.7. The van der Waals surface area contributed by atoms with Crippen LogP contribution in [0.1, 0.15) is 0 Å². The molecule has 2 aromatic carbocycles. The van der Waals surface area contributed by atoms with Gasteiger partial charge in [0.15, 0.2) is 5.03 Å². The number of nitrogens with zero attached hydrogens (tertiary/aromatic N) is 3. The summed E-state index contributed by atoms with van der Waals surface area (Å²) in [6.07, 6.45) is 0. The maximum Gasteiger partial charge on any atom is 0.269 e. The number of nitrogens with one attached hydrogen (secondary N) is 1. The summed E-state index contributed by atoms with van der Waals surface area (Å²) in [5.41, 5.74) is 2.92. The van der Waals surface area contributed by atoms with Gasteiger partial charge in [-0.15, -0.1) is 0 Å². The van der Waals surface area contributed by atoms with Crippen molar-refractivity contribution < 1.29 is 9.96 Å².